The first-order valence-electron chi connectivity index (χ1n) is 3.66. The van der Waals surface area contributed by atoms with E-state index in [1.54, 1.807) is 12.4 Å². The van der Waals surface area contributed by atoms with E-state index in [0.29, 0.717) is 5.56 Å². The van der Waals surface area contributed by atoms with E-state index in [2.05, 4.69) is 10.2 Å². The van der Waals surface area contributed by atoms with Crippen LogP contribution in [0.4, 0.5) is 0 Å². The average Bonchev–Trinajstić information content (AvgIpc) is 2.32. The molecule has 1 saturated heterocycles. The molecule has 4 nitrogen and oxygen atoms in total. The highest BCUT2D eigenvalue weighted by Crippen LogP contribution is 2.10. The molecule has 0 atom stereocenters. The van der Waals surface area contributed by atoms with Crippen LogP contribution in [0.5, 0.6) is 0 Å². The topological polar surface area (TPSA) is 49.0 Å². The number of hydrogen-bond donors (Lipinski definition) is 1. The molecule has 58 valence electrons. The summed E-state index contributed by atoms with van der Waals surface area (Å²) in [7, 11) is 0. The van der Waals surface area contributed by atoms with Gasteiger partial charge in [0.15, 0.2) is 0 Å². The summed E-state index contributed by atoms with van der Waals surface area (Å²) in [6, 6.07) is 0. The Morgan fingerprint density at radius 2 is 2.45 bits per heavy atom. The summed E-state index contributed by atoms with van der Waals surface area (Å²) in [5.74, 6) is 0.0880. The molecule has 0 saturated carbocycles. The lowest BCUT2D eigenvalue weighted by Gasteiger charge is -2.30. The highest BCUT2D eigenvalue weighted by Gasteiger charge is 2.21. The fourth-order valence-electron chi connectivity index (χ4n) is 1.07. The summed E-state index contributed by atoms with van der Waals surface area (Å²) >= 11 is 0. The van der Waals surface area contributed by atoms with Gasteiger partial charge in [0.25, 0.3) is 5.91 Å². The molecule has 2 heterocycles. The van der Waals surface area contributed by atoms with Crippen LogP contribution in [0, 0.1) is 0 Å². The van der Waals surface area contributed by atoms with Gasteiger partial charge in [0, 0.05) is 19.3 Å². The van der Waals surface area contributed by atoms with Gasteiger partial charge in [0.1, 0.15) is 0 Å². The molecule has 4 heteroatoms. The third-order valence-corrected chi connectivity index (χ3v) is 1.89. The molecule has 1 aromatic heterocycles. The van der Waals surface area contributed by atoms with Gasteiger partial charge in [0.05, 0.1) is 11.8 Å². The van der Waals surface area contributed by atoms with Gasteiger partial charge in [0.2, 0.25) is 0 Å². The Bertz CT molecular complexity index is 251. The molecule has 1 aliphatic rings. The highest BCUT2D eigenvalue weighted by atomic mass is 16.2. The van der Waals surface area contributed by atoms with Gasteiger partial charge in [-0.15, -0.1) is 0 Å². The van der Waals surface area contributed by atoms with E-state index >= 15 is 0 Å². The predicted molar refractivity (Wildman–Crippen MR) is 39.1 cm³/mol. The van der Waals surface area contributed by atoms with Crippen molar-refractivity contribution in [3.63, 3.8) is 0 Å². The number of rotatable bonds is 1. The lowest BCUT2D eigenvalue weighted by atomic mass is 10.2. The molecule has 0 spiro atoms. The third kappa shape index (κ3) is 1.00. The largest absolute Gasteiger partial charge is 0.338 e. The molecule has 0 radical (unpaired) electrons. The van der Waals surface area contributed by atoms with Gasteiger partial charge < -0.3 is 4.90 Å². The fraction of sp³-hybridized carbons (Fsp3) is 0.429. The van der Waals surface area contributed by atoms with Gasteiger partial charge in [-0.3, -0.25) is 9.89 Å². The Hall–Kier alpha value is -1.32. The van der Waals surface area contributed by atoms with Crippen LogP contribution in [0.2, 0.25) is 0 Å². The van der Waals surface area contributed by atoms with E-state index in [1.165, 1.54) is 0 Å². The Labute approximate surface area is 64.2 Å². The molecule has 0 aliphatic carbocycles. The average molecular weight is 151 g/mol. The van der Waals surface area contributed by atoms with Crippen molar-refractivity contribution in [2.24, 2.45) is 0 Å². The summed E-state index contributed by atoms with van der Waals surface area (Å²) in [6.45, 7) is 1.79. The number of amides is 1. The summed E-state index contributed by atoms with van der Waals surface area (Å²) in [5, 5.41) is 6.33. The maximum atomic E-state index is 11.4. The molecular formula is C7H9N3O. The Morgan fingerprint density at radius 3 is 2.91 bits per heavy atom. The number of nitrogens with one attached hydrogen (secondary N) is 1. The van der Waals surface area contributed by atoms with Crippen molar-refractivity contribution in [3.05, 3.63) is 18.0 Å². The third-order valence-electron chi connectivity index (χ3n) is 1.89. The number of aromatic nitrogens is 2. The molecule has 1 amide bonds. The van der Waals surface area contributed by atoms with Crippen molar-refractivity contribution in [1.29, 1.82) is 0 Å². The molecule has 1 aliphatic heterocycles. The second-order valence-electron chi connectivity index (χ2n) is 2.63. The van der Waals surface area contributed by atoms with E-state index in [1.807, 2.05) is 4.90 Å². The summed E-state index contributed by atoms with van der Waals surface area (Å²) in [5.41, 5.74) is 0.657. The Morgan fingerprint density at radius 1 is 1.64 bits per heavy atom. The fourth-order valence-corrected chi connectivity index (χ4v) is 1.07. The van der Waals surface area contributed by atoms with Crippen molar-refractivity contribution in [2.75, 3.05) is 13.1 Å². The first kappa shape index (κ1) is 6.39. The first-order chi connectivity index (χ1) is 5.38. The van der Waals surface area contributed by atoms with Crippen LogP contribution < -0.4 is 0 Å². The summed E-state index contributed by atoms with van der Waals surface area (Å²) < 4.78 is 0. The maximum absolute atomic E-state index is 11.4. The smallest absolute Gasteiger partial charge is 0.257 e. The molecule has 2 rings (SSSR count). The van der Waals surface area contributed by atoms with Crippen molar-refractivity contribution >= 4 is 5.91 Å². The second-order valence-corrected chi connectivity index (χ2v) is 2.63. The number of H-pyrrole nitrogens is 1. The van der Waals surface area contributed by atoms with Crippen LogP contribution in [0.15, 0.2) is 12.4 Å². The molecule has 0 bridgehead atoms. The molecule has 0 unspecified atom stereocenters. The lowest BCUT2D eigenvalue weighted by molar-refractivity contribution is 0.0652. The number of carbonyl (C=O) groups excluding carboxylic acids is 1. The van der Waals surface area contributed by atoms with Gasteiger partial charge in [-0.25, -0.2) is 0 Å². The SMILES string of the molecule is O=C(c1cn[nH]c1)N1CCC1. The van der Waals surface area contributed by atoms with Crippen LogP contribution >= 0.6 is 0 Å². The number of carbonyl (C=O) groups is 1. The zero-order valence-electron chi connectivity index (χ0n) is 6.08. The molecule has 1 fully saturated rings. The number of likely N-dealkylation sites (tertiary alicyclic amines) is 1. The summed E-state index contributed by atoms with van der Waals surface area (Å²) in [4.78, 5) is 13.2. The van der Waals surface area contributed by atoms with Gasteiger partial charge in [-0.2, -0.15) is 5.10 Å². The van der Waals surface area contributed by atoms with Crippen LogP contribution in [-0.2, 0) is 0 Å². The molecule has 1 aromatic rings. The van der Waals surface area contributed by atoms with E-state index in [-0.39, 0.29) is 5.91 Å². The zero-order valence-corrected chi connectivity index (χ0v) is 6.08. The minimum atomic E-state index is 0.0880. The molecular weight excluding hydrogens is 142 g/mol. The number of aromatic amines is 1. The van der Waals surface area contributed by atoms with Crippen LogP contribution in [0.1, 0.15) is 16.8 Å². The van der Waals surface area contributed by atoms with E-state index in [4.69, 9.17) is 0 Å². The van der Waals surface area contributed by atoms with Gasteiger partial charge in [-0.1, -0.05) is 0 Å². The second kappa shape index (κ2) is 2.38. The first-order valence-corrected chi connectivity index (χ1v) is 3.66. The standard InChI is InChI=1S/C7H9N3O/c11-7(10-2-1-3-10)6-4-8-9-5-6/h4-5H,1-3H2,(H,8,9). The van der Waals surface area contributed by atoms with Gasteiger partial charge >= 0.3 is 0 Å². The van der Waals surface area contributed by atoms with Crippen LogP contribution in [0.25, 0.3) is 0 Å². The zero-order chi connectivity index (χ0) is 7.68. The van der Waals surface area contributed by atoms with E-state index in [9.17, 15) is 4.79 Å². The van der Waals surface area contributed by atoms with Crippen molar-refractivity contribution < 1.29 is 4.79 Å². The number of hydrogen-bond acceptors (Lipinski definition) is 2. The Balaban J connectivity index is 2.10. The van der Waals surface area contributed by atoms with Crippen molar-refractivity contribution in [2.45, 2.75) is 6.42 Å². The molecule has 11 heavy (non-hydrogen) atoms. The maximum Gasteiger partial charge on any atom is 0.257 e. The molecule has 0 aromatic carbocycles. The van der Waals surface area contributed by atoms with Gasteiger partial charge in [-0.05, 0) is 6.42 Å². The minimum absolute atomic E-state index is 0.0880. The van der Waals surface area contributed by atoms with Crippen LogP contribution in [-0.4, -0.2) is 34.1 Å². The monoisotopic (exact) mass is 151 g/mol. The van der Waals surface area contributed by atoms with E-state index < -0.39 is 0 Å². The molecule has 1 N–H and O–H groups in total. The predicted octanol–water partition coefficient (Wildman–Crippen LogP) is 0.256. The van der Waals surface area contributed by atoms with Crippen LogP contribution in [0.3, 0.4) is 0 Å². The van der Waals surface area contributed by atoms with E-state index in [0.717, 1.165) is 19.5 Å². The highest BCUT2D eigenvalue weighted by molar-refractivity contribution is 5.94. The Kier molecular flexibility index (Phi) is 1.38. The summed E-state index contributed by atoms with van der Waals surface area (Å²) in [6.07, 6.45) is 4.31. The van der Waals surface area contributed by atoms with Crippen molar-refractivity contribution in [3.8, 4) is 0 Å². The normalized spacial score (nSPS) is 16.2. The minimum Gasteiger partial charge on any atom is -0.338 e. The quantitative estimate of drug-likeness (QED) is 0.625. The number of nitrogens with zero attached hydrogens (tertiary/aromatic N) is 2. The van der Waals surface area contributed by atoms with Crippen molar-refractivity contribution in [1.82, 2.24) is 15.1 Å². The lowest BCUT2D eigenvalue weighted by Crippen LogP contribution is -2.41.